The fraction of sp³-hybridized carbons (Fsp3) is 0.148. The summed E-state index contributed by atoms with van der Waals surface area (Å²) >= 11 is 0. The van der Waals surface area contributed by atoms with Crippen molar-refractivity contribution in [1.82, 2.24) is 39.7 Å². The second-order valence-corrected chi connectivity index (χ2v) is 8.93. The number of halogens is 1. The molecular formula is C27H24FN9. The number of allylic oxidation sites excluding steroid dienone is 1. The maximum atomic E-state index is 15.2. The average Bonchev–Trinajstić information content (AvgIpc) is 3.61. The number of hydrogen-bond acceptors (Lipinski definition) is 6. The third-order valence-corrected chi connectivity index (χ3v) is 6.13. The normalized spacial score (nSPS) is 11.4. The van der Waals surface area contributed by atoms with E-state index in [1.165, 1.54) is 6.07 Å². The number of H-pyrrole nitrogens is 2. The van der Waals surface area contributed by atoms with Gasteiger partial charge in [0, 0.05) is 35.2 Å². The third kappa shape index (κ3) is 4.12. The lowest BCUT2D eigenvalue weighted by Gasteiger charge is -2.10. The maximum Gasteiger partial charge on any atom is 0.166 e. The smallest absolute Gasteiger partial charge is 0.166 e. The summed E-state index contributed by atoms with van der Waals surface area (Å²) < 4.78 is 17.0. The van der Waals surface area contributed by atoms with Crippen molar-refractivity contribution in [3.63, 3.8) is 0 Å². The Morgan fingerprint density at radius 2 is 2.03 bits per heavy atom. The number of imidazole rings is 2. The SMILES string of the molecule is C=C(CCC)Nc1cncc(-c2cc(F)c3n[nH]c(-c4nc5c(-n6cnc(C)c6)nccc5[nH]4)c3c2)c1. The summed E-state index contributed by atoms with van der Waals surface area (Å²) in [6, 6.07) is 7.14. The summed E-state index contributed by atoms with van der Waals surface area (Å²) in [6.07, 6.45) is 10.6. The van der Waals surface area contributed by atoms with Gasteiger partial charge < -0.3 is 10.3 Å². The second-order valence-electron chi connectivity index (χ2n) is 8.93. The number of anilines is 1. The highest BCUT2D eigenvalue weighted by atomic mass is 19.1. The summed E-state index contributed by atoms with van der Waals surface area (Å²) in [5.74, 6) is 0.747. The highest BCUT2D eigenvalue weighted by Crippen LogP contribution is 2.33. The van der Waals surface area contributed by atoms with E-state index in [-0.39, 0.29) is 5.52 Å². The second kappa shape index (κ2) is 8.98. The molecule has 3 N–H and O–H groups in total. The number of aromatic amines is 2. The molecule has 5 heterocycles. The number of benzene rings is 1. The summed E-state index contributed by atoms with van der Waals surface area (Å²) in [5, 5.41) is 11.1. The van der Waals surface area contributed by atoms with Gasteiger partial charge in [0.25, 0.3) is 0 Å². The van der Waals surface area contributed by atoms with Gasteiger partial charge in [-0.25, -0.2) is 19.3 Å². The fourth-order valence-electron chi connectivity index (χ4n) is 4.42. The van der Waals surface area contributed by atoms with Crippen molar-refractivity contribution in [1.29, 1.82) is 0 Å². The zero-order valence-corrected chi connectivity index (χ0v) is 20.4. The van der Waals surface area contributed by atoms with Gasteiger partial charge in [-0.1, -0.05) is 19.9 Å². The van der Waals surface area contributed by atoms with E-state index in [4.69, 9.17) is 4.98 Å². The number of fused-ring (bicyclic) bond motifs is 2. The van der Waals surface area contributed by atoms with Crippen molar-refractivity contribution in [2.75, 3.05) is 5.32 Å². The van der Waals surface area contributed by atoms with E-state index < -0.39 is 5.82 Å². The molecule has 6 aromatic rings. The minimum Gasteiger partial charge on any atom is -0.358 e. The largest absolute Gasteiger partial charge is 0.358 e. The zero-order valence-electron chi connectivity index (χ0n) is 20.4. The van der Waals surface area contributed by atoms with Crippen LogP contribution >= 0.6 is 0 Å². The standard InChI is InChI=1S/C27H24FN9/c1-4-5-15(2)32-19-8-18(11-29-12-19)17-9-20-23(21(28)10-17)35-36-24(20)26-33-22-6-7-30-27(25(22)34-26)37-13-16(3)31-14-37/h6-14,32H,2,4-5H2,1,3H3,(H,33,34)(H,35,36). The molecule has 184 valence electrons. The average molecular weight is 494 g/mol. The lowest BCUT2D eigenvalue weighted by atomic mass is 10.0. The van der Waals surface area contributed by atoms with Gasteiger partial charge in [0.2, 0.25) is 0 Å². The minimum absolute atomic E-state index is 0.237. The van der Waals surface area contributed by atoms with Crippen molar-refractivity contribution in [2.45, 2.75) is 26.7 Å². The molecule has 0 fully saturated rings. The minimum atomic E-state index is -0.434. The zero-order chi connectivity index (χ0) is 25.5. The lowest BCUT2D eigenvalue weighted by molar-refractivity contribution is 0.636. The molecule has 6 rings (SSSR count). The molecule has 0 aliphatic rings. The van der Waals surface area contributed by atoms with Gasteiger partial charge in [0.15, 0.2) is 17.5 Å². The van der Waals surface area contributed by atoms with Gasteiger partial charge in [-0.15, -0.1) is 0 Å². The first-order valence-corrected chi connectivity index (χ1v) is 11.9. The van der Waals surface area contributed by atoms with E-state index >= 15 is 4.39 Å². The molecule has 0 bridgehead atoms. The Labute approximate surface area is 211 Å². The van der Waals surface area contributed by atoms with E-state index in [9.17, 15) is 0 Å². The first kappa shape index (κ1) is 22.6. The molecule has 0 atom stereocenters. The molecule has 0 unspecified atom stereocenters. The number of pyridine rings is 2. The number of aromatic nitrogens is 8. The molecular weight excluding hydrogens is 469 g/mol. The summed E-state index contributed by atoms with van der Waals surface area (Å²) in [7, 11) is 0. The van der Waals surface area contributed by atoms with Gasteiger partial charge >= 0.3 is 0 Å². The Morgan fingerprint density at radius 3 is 2.84 bits per heavy atom. The molecule has 5 aromatic heterocycles. The van der Waals surface area contributed by atoms with Crippen molar-refractivity contribution in [3.05, 3.63) is 79.2 Å². The number of hydrogen-bond donors (Lipinski definition) is 3. The van der Waals surface area contributed by atoms with Crippen molar-refractivity contribution < 1.29 is 4.39 Å². The molecule has 0 aliphatic carbocycles. The maximum absolute atomic E-state index is 15.2. The quantitative estimate of drug-likeness (QED) is 0.254. The summed E-state index contributed by atoms with van der Waals surface area (Å²) in [6.45, 7) is 8.06. The Morgan fingerprint density at radius 1 is 1.14 bits per heavy atom. The molecule has 1 aromatic carbocycles. The van der Waals surface area contributed by atoms with Crippen molar-refractivity contribution >= 4 is 27.6 Å². The molecule has 0 spiro atoms. The Kier molecular flexibility index (Phi) is 5.48. The van der Waals surface area contributed by atoms with Crippen LogP contribution in [0.5, 0.6) is 0 Å². The van der Waals surface area contributed by atoms with Crippen LogP contribution in [0.3, 0.4) is 0 Å². The van der Waals surface area contributed by atoms with Crippen LogP contribution in [0.2, 0.25) is 0 Å². The van der Waals surface area contributed by atoms with Gasteiger partial charge in [0.05, 0.1) is 23.1 Å². The van der Waals surface area contributed by atoms with Crippen LogP contribution in [-0.4, -0.2) is 39.7 Å². The molecule has 37 heavy (non-hydrogen) atoms. The Hall–Kier alpha value is -4.86. The van der Waals surface area contributed by atoms with Crippen molar-refractivity contribution in [3.8, 4) is 28.5 Å². The first-order chi connectivity index (χ1) is 18.0. The predicted octanol–water partition coefficient (Wildman–Crippen LogP) is 5.92. The first-order valence-electron chi connectivity index (χ1n) is 11.9. The predicted molar refractivity (Wildman–Crippen MR) is 142 cm³/mol. The number of nitrogens with one attached hydrogen (secondary N) is 3. The van der Waals surface area contributed by atoms with E-state index in [0.29, 0.717) is 33.8 Å². The van der Waals surface area contributed by atoms with E-state index in [2.05, 4.69) is 49.0 Å². The monoisotopic (exact) mass is 493 g/mol. The van der Waals surface area contributed by atoms with Crippen LogP contribution in [0.1, 0.15) is 25.5 Å². The topological polar surface area (TPSA) is 113 Å². The third-order valence-electron chi connectivity index (χ3n) is 6.13. The highest BCUT2D eigenvalue weighted by Gasteiger charge is 2.18. The highest BCUT2D eigenvalue weighted by molar-refractivity contribution is 5.96. The van der Waals surface area contributed by atoms with E-state index in [0.717, 1.165) is 41.0 Å². The molecule has 9 nitrogen and oxygen atoms in total. The summed E-state index contributed by atoms with van der Waals surface area (Å²) in [4.78, 5) is 21.2. The van der Waals surface area contributed by atoms with Gasteiger partial charge in [0.1, 0.15) is 23.1 Å². The number of rotatable bonds is 7. The molecule has 0 radical (unpaired) electrons. The molecule has 0 saturated heterocycles. The van der Waals surface area contributed by atoms with Gasteiger partial charge in [-0.3, -0.25) is 14.6 Å². The molecule has 0 saturated carbocycles. The van der Waals surface area contributed by atoms with Gasteiger partial charge in [-0.2, -0.15) is 5.10 Å². The van der Waals surface area contributed by atoms with Crippen LogP contribution < -0.4 is 5.32 Å². The van der Waals surface area contributed by atoms with Crippen LogP contribution in [0.15, 0.2) is 67.7 Å². The van der Waals surface area contributed by atoms with Crippen LogP contribution in [0.25, 0.3) is 50.4 Å². The van der Waals surface area contributed by atoms with Crippen LogP contribution in [0, 0.1) is 12.7 Å². The van der Waals surface area contributed by atoms with Crippen LogP contribution in [0.4, 0.5) is 10.1 Å². The fourth-order valence-corrected chi connectivity index (χ4v) is 4.42. The van der Waals surface area contributed by atoms with E-state index in [1.54, 1.807) is 24.9 Å². The molecule has 10 heteroatoms. The van der Waals surface area contributed by atoms with E-state index in [1.807, 2.05) is 35.9 Å². The van der Waals surface area contributed by atoms with Crippen LogP contribution in [-0.2, 0) is 0 Å². The lowest BCUT2D eigenvalue weighted by Crippen LogP contribution is -1.98. The molecule has 0 amide bonds. The van der Waals surface area contributed by atoms with Crippen molar-refractivity contribution in [2.24, 2.45) is 0 Å². The Bertz CT molecular complexity index is 1780. The molecule has 0 aliphatic heterocycles. The Balaban J connectivity index is 1.43. The van der Waals surface area contributed by atoms with Gasteiger partial charge in [-0.05, 0) is 43.2 Å². The number of nitrogens with zero attached hydrogens (tertiary/aromatic N) is 6. The number of aryl methyl sites for hydroxylation is 1. The summed E-state index contributed by atoms with van der Waals surface area (Å²) in [5.41, 5.74) is 6.32.